The lowest BCUT2D eigenvalue weighted by molar-refractivity contribution is -0.146. The molecule has 0 amide bonds. The van der Waals surface area contributed by atoms with Crippen LogP contribution in [0.4, 0.5) is 0 Å². The SMILES string of the molecule is CCOC(=O)C(CC)(CC)Sc1ccnc2ccc(-c3ccnc(OC)c3)cc12. The van der Waals surface area contributed by atoms with Crippen LogP contribution in [0.3, 0.4) is 0 Å². The first-order valence-electron chi connectivity index (χ1n) is 9.82. The van der Waals surface area contributed by atoms with Crippen molar-refractivity contribution in [1.29, 1.82) is 0 Å². The van der Waals surface area contributed by atoms with Gasteiger partial charge in [-0.15, -0.1) is 11.8 Å². The van der Waals surface area contributed by atoms with E-state index in [9.17, 15) is 4.79 Å². The van der Waals surface area contributed by atoms with E-state index < -0.39 is 4.75 Å². The molecule has 0 aliphatic heterocycles. The van der Waals surface area contributed by atoms with Crippen LogP contribution in [0.2, 0.25) is 0 Å². The number of ether oxygens (including phenoxy) is 2. The zero-order valence-corrected chi connectivity index (χ0v) is 18.1. The van der Waals surface area contributed by atoms with E-state index in [1.807, 2.05) is 51.1 Å². The molecule has 2 heterocycles. The fourth-order valence-electron chi connectivity index (χ4n) is 3.29. The zero-order valence-electron chi connectivity index (χ0n) is 17.3. The highest BCUT2D eigenvalue weighted by molar-refractivity contribution is 8.01. The van der Waals surface area contributed by atoms with Crippen molar-refractivity contribution >= 4 is 28.6 Å². The van der Waals surface area contributed by atoms with Crippen LogP contribution in [0.1, 0.15) is 33.6 Å². The third-order valence-corrected chi connectivity index (χ3v) is 6.78. The van der Waals surface area contributed by atoms with E-state index in [0.717, 1.165) is 26.9 Å². The topological polar surface area (TPSA) is 61.3 Å². The quantitative estimate of drug-likeness (QED) is 0.360. The number of nitrogens with zero attached hydrogens (tertiary/aromatic N) is 2. The van der Waals surface area contributed by atoms with Gasteiger partial charge >= 0.3 is 5.97 Å². The van der Waals surface area contributed by atoms with Crippen molar-refractivity contribution < 1.29 is 14.3 Å². The van der Waals surface area contributed by atoms with E-state index in [2.05, 4.69) is 16.0 Å². The van der Waals surface area contributed by atoms with Gasteiger partial charge in [-0.2, -0.15) is 0 Å². The van der Waals surface area contributed by atoms with Crippen molar-refractivity contribution in [3.05, 3.63) is 48.8 Å². The lowest BCUT2D eigenvalue weighted by Crippen LogP contribution is -2.35. The van der Waals surface area contributed by atoms with Crippen molar-refractivity contribution in [3.8, 4) is 17.0 Å². The number of carbonyl (C=O) groups is 1. The molecular formula is C23H26N2O3S. The highest BCUT2D eigenvalue weighted by Gasteiger charge is 2.38. The summed E-state index contributed by atoms with van der Waals surface area (Å²) < 4.78 is 10.0. The number of hydrogen-bond acceptors (Lipinski definition) is 6. The fraction of sp³-hybridized carbons (Fsp3) is 0.348. The minimum atomic E-state index is -0.611. The largest absolute Gasteiger partial charge is 0.481 e. The van der Waals surface area contributed by atoms with Gasteiger partial charge in [0.2, 0.25) is 5.88 Å². The number of hydrogen-bond donors (Lipinski definition) is 0. The minimum absolute atomic E-state index is 0.157. The Balaban J connectivity index is 2.07. The number of benzene rings is 1. The van der Waals surface area contributed by atoms with E-state index in [4.69, 9.17) is 9.47 Å². The van der Waals surface area contributed by atoms with Crippen LogP contribution in [0.15, 0.2) is 53.7 Å². The van der Waals surface area contributed by atoms with E-state index >= 15 is 0 Å². The first kappa shape index (κ1) is 21.1. The molecule has 2 aromatic heterocycles. The first-order valence-corrected chi connectivity index (χ1v) is 10.6. The third kappa shape index (κ3) is 4.37. The van der Waals surface area contributed by atoms with Gasteiger partial charge in [0.15, 0.2) is 0 Å². The molecule has 0 saturated heterocycles. The Hall–Kier alpha value is -2.60. The summed E-state index contributed by atoms with van der Waals surface area (Å²) in [4.78, 5) is 22.5. The molecule has 0 N–H and O–H groups in total. The highest BCUT2D eigenvalue weighted by Crippen LogP contribution is 2.42. The molecule has 0 aliphatic rings. The predicted molar refractivity (Wildman–Crippen MR) is 117 cm³/mol. The van der Waals surface area contributed by atoms with Gasteiger partial charge in [0.1, 0.15) is 4.75 Å². The monoisotopic (exact) mass is 410 g/mol. The molecule has 0 unspecified atom stereocenters. The maximum Gasteiger partial charge on any atom is 0.322 e. The molecule has 0 aliphatic carbocycles. The minimum Gasteiger partial charge on any atom is -0.481 e. The molecular weight excluding hydrogens is 384 g/mol. The van der Waals surface area contributed by atoms with Gasteiger partial charge in [0, 0.05) is 28.7 Å². The Bertz CT molecular complexity index is 1000. The fourth-order valence-corrected chi connectivity index (χ4v) is 4.54. The molecule has 0 fully saturated rings. The maximum atomic E-state index is 12.7. The van der Waals surface area contributed by atoms with Crippen LogP contribution in [-0.2, 0) is 9.53 Å². The molecule has 0 saturated carbocycles. The zero-order chi connectivity index (χ0) is 20.9. The van der Waals surface area contributed by atoms with Crippen LogP contribution >= 0.6 is 11.8 Å². The Kier molecular flexibility index (Phi) is 6.75. The molecule has 3 rings (SSSR count). The Morgan fingerprint density at radius 3 is 2.41 bits per heavy atom. The van der Waals surface area contributed by atoms with Gasteiger partial charge in [0.05, 0.1) is 19.2 Å². The smallest absolute Gasteiger partial charge is 0.322 e. The van der Waals surface area contributed by atoms with Gasteiger partial charge in [-0.1, -0.05) is 19.9 Å². The van der Waals surface area contributed by atoms with E-state index in [1.165, 1.54) is 0 Å². The van der Waals surface area contributed by atoms with Gasteiger partial charge in [-0.05, 0) is 55.2 Å². The molecule has 0 radical (unpaired) electrons. The van der Waals surface area contributed by atoms with E-state index in [0.29, 0.717) is 25.3 Å². The average molecular weight is 411 g/mol. The number of carbonyl (C=O) groups excluding carboxylic acids is 1. The third-order valence-electron chi connectivity index (χ3n) is 5.07. The number of fused-ring (bicyclic) bond motifs is 1. The number of esters is 1. The summed E-state index contributed by atoms with van der Waals surface area (Å²) in [7, 11) is 1.61. The molecule has 6 heteroatoms. The Labute approximate surface area is 175 Å². The summed E-state index contributed by atoms with van der Waals surface area (Å²) in [5.74, 6) is 0.414. The van der Waals surface area contributed by atoms with Crippen molar-refractivity contribution in [2.75, 3.05) is 13.7 Å². The maximum absolute atomic E-state index is 12.7. The Morgan fingerprint density at radius 1 is 1.00 bits per heavy atom. The standard InChI is InChI=1S/C23H26N2O3S/c1-5-23(6-2,22(26)28-7-3)29-20-11-13-24-19-9-8-16(14-18(19)20)17-10-12-25-21(15-17)27-4/h8-15H,5-7H2,1-4H3. The van der Waals surface area contributed by atoms with Crippen molar-refractivity contribution in [3.63, 3.8) is 0 Å². The van der Waals surface area contributed by atoms with E-state index in [-0.39, 0.29) is 5.97 Å². The second kappa shape index (κ2) is 9.27. The van der Waals surface area contributed by atoms with Gasteiger partial charge in [-0.3, -0.25) is 9.78 Å². The molecule has 0 atom stereocenters. The predicted octanol–water partition coefficient (Wildman–Crippen LogP) is 5.52. The van der Waals surface area contributed by atoms with Crippen molar-refractivity contribution in [2.24, 2.45) is 0 Å². The number of methoxy groups -OCH3 is 1. The van der Waals surface area contributed by atoms with Gasteiger partial charge in [-0.25, -0.2) is 4.98 Å². The Morgan fingerprint density at radius 2 is 1.72 bits per heavy atom. The van der Waals surface area contributed by atoms with Crippen LogP contribution in [0, 0.1) is 0 Å². The molecule has 152 valence electrons. The molecule has 1 aromatic carbocycles. The molecule has 0 bridgehead atoms. The lowest BCUT2D eigenvalue weighted by Gasteiger charge is -2.28. The number of thioether (sulfide) groups is 1. The van der Waals surface area contributed by atoms with Crippen LogP contribution in [-0.4, -0.2) is 34.4 Å². The number of rotatable bonds is 8. The second-order valence-corrected chi connectivity index (χ2v) is 8.08. The second-order valence-electron chi connectivity index (χ2n) is 6.65. The summed E-state index contributed by atoms with van der Waals surface area (Å²) in [5.41, 5.74) is 2.95. The average Bonchev–Trinajstić information content (AvgIpc) is 2.77. The molecule has 5 nitrogen and oxygen atoms in total. The number of pyridine rings is 2. The van der Waals surface area contributed by atoms with Crippen LogP contribution in [0.5, 0.6) is 5.88 Å². The van der Waals surface area contributed by atoms with Crippen LogP contribution in [0.25, 0.3) is 22.0 Å². The normalized spacial score (nSPS) is 11.4. The van der Waals surface area contributed by atoms with Gasteiger partial charge < -0.3 is 9.47 Å². The molecule has 29 heavy (non-hydrogen) atoms. The molecule has 0 spiro atoms. The van der Waals surface area contributed by atoms with Crippen molar-refractivity contribution in [1.82, 2.24) is 9.97 Å². The summed E-state index contributed by atoms with van der Waals surface area (Å²) in [6.45, 7) is 6.29. The summed E-state index contributed by atoms with van der Waals surface area (Å²) >= 11 is 1.57. The summed E-state index contributed by atoms with van der Waals surface area (Å²) in [5, 5.41) is 1.02. The first-order chi connectivity index (χ1) is 14.1. The van der Waals surface area contributed by atoms with Crippen molar-refractivity contribution in [2.45, 2.75) is 43.3 Å². The van der Waals surface area contributed by atoms with E-state index in [1.54, 1.807) is 31.3 Å². The van der Waals surface area contributed by atoms with Gasteiger partial charge in [0.25, 0.3) is 0 Å². The lowest BCUT2D eigenvalue weighted by atomic mass is 10.0. The highest BCUT2D eigenvalue weighted by atomic mass is 32.2. The molecule has 3 aromatic rings. The summed E-state index contributed by atoms with van der Waals surface area (Å²) in [6, 6.07) is 12.0. The number of aromatic nitrogens is 2. The summed E-state index contributed by atoms with van der Waals surface area (Å²) in [6.07, 6.45) is 4.91. The van der Waals surface area contributed by atoms with Crippen LogP contribution < -0.4 is 4.74 Å².